The predicted octanol–water partition coefficient (Wildman–Crippen LogP) is 4.70. The number of nitrogens with one attached hydrogen (secondary N) is 1. The van der Waals surface area contributed by atoms with Gasteiger partial charge in [-0.05, 0) is 70.7 Å². The van der Waals surface area contributed by atoms with Crippen molar-refractivity contribution in [3.05, 3.63) is 62.8 Å². The largest absolute Gasteiger partial charge is 0.310 e. The maximum Gasteiger partial charge on any atom is 0.0410 e. The summed E-state index contributed by atoms with van der Waals surface area (Å²) >= 11 is 9.51. The van der Waals surface area contributed by atoms with Gasteiger partial charge in [0.25, 0.3) is 0 Å². The molecule has 0 bridgehead atoms. The van der Waals surface area contributed by atoms with Crippen molar-refractivity contribution in [3.8, 4) is 0 Å². The summed E-state index contributed by atoms with van der Waals surface area (Å²) in [5, 5.41) is 4.32. The van der Waals surface area contributed by atoms with Gasteiger partial charge in [0.05, 0.1) is 0 Å². The van der Waals surface area contributed by atoms with E-state index in [4.69, 9.17) is 11.6 Å². The van der Waals surface area contributed by atoms with Crippen molar-refractivity contribution in [3.63, 3.8) is 0 Å². The molecule has 0 aliphatic carbocycles. The minimum Gasteiger partial charge on any atom is -0.310 e. The zero-order chi connectivity index (χ0) is 14.5. The van der Waals surface area contributed by atoms with Gasteiger partial charge >= 0.3 is 0 Å². The van der Waals surface area contributed by atoms with Crippen LogP contribution in [0.3, 0.4) is 0 Å². The molecular weight excluding hydrogens is 336 g/mol. The van der Waals surface area contributed by atoms with E-state index in [0.29, 0.717) is 0 Å². The van der Waals surface area contributed by atoms with Gasteiger partial charge < -0.3 is 5.32 Å². The second-order valence-corrected chi connectivity index (χ2v) is 6.18. The van der Waals surface area contributed by atoms with Crippen molar-refractivity contribution in [1.29, 1.82) is 0 Å². The van der Waals surface area contributed by atoms with Gasteiger partial charge in [-0.25, -0.2) is 0 Å². The van der Waals surface area contributed by atoms with Crippen molar-refractivity contribution in [2.45, 2.75) is 26.3 Å². The Morgan fingerprint density at radius 1 is 1.30 bits per heavy atom. The van der Waals surface area contributed by atoms with Crippen LogP contribution in [-0.2, 0) is 6.42 Å². The molecule has 0 amide bonds. The van der Waals surface area contributed by atoms with Crippen LogP contribution in [0.1, 0.15) is 29.7 Å². The molecule has 1 N–H and O–H groups in total. The topological polar surface area (TPSA) is 24.9 Å². The van der Waals surface area contributed by atoms with Crippen LogP contribution < -0.4 is 5.32 Å². The standard InChI is InChI=1S/C16H18BrClN2/c1-3-20-16(8-12-7-13(17)10-19-9-12)15-5-4-14(18)6-11(15)2/h4-7,9-10,16,20H,3,8H2,1-2H3. The molecule has 0 aliphatic rings. The molecule has 1 heterocycles. The molecule has 0 fully saturated rings. The first-order valence-electron chi connectivity index (χ1n) is 6.69. The summed E-state index contributed by atoms with van der Waals surface area (Å²) in [6.45, 7) is 5.15. The van der Waals surface area contributed by atoms with Crippen LogP contribution in [0.25, 0.3) is 0 Å². The Kier molecular flexibility index (Phi) is 5.58. The Bertz CT molecular complexity index is 586. The van der Waals surface area contributed by atoms with Crippen LogP contribution in [0, 0.1) is 6.92 Å². The third kappa shape index (κ3) is 4.05. The van der Waals surface area contributed by atoms with Crippen LogP contribution in [0.4, 0.5) is 0 Å². The molecule has 0 spiro atoms. The lowest BCUT2D eigenvalue weighted by molar-refractivity contribution is 0.546. The molecule has 2 aromatic rings. The van der Waals surface area contributed by atoms with E-state index in [1.807, 2.05) is 18.3 Å². The van der Waals surface area contributed by atoms with Gasteiger partial charge in [0, 0.05) is 27.9 Å². The molecule has 1 atom stereocenters. The molecule has 106 valence electrons. The highest BCUT2D eigenvalue weighted by Gasteiger charge is 2.14. The van der Waals surface area contributed by atoms with Crippen molar-refractivity contribution in [2.24, 2.45) is 0 Å². The fourth-order valence-electron chi connectivity index (χ4n) is 2.37. The van der Waals surface area contributed by atoms with Gasteiger partial charge in [-0.2, -0.15) is 0 Å². The zero-order valence-electron chi connectivity index (χ0n) is 11.7. The van der Waals surface area contributed by atoms with Gasteiger partial charge in [-0.3, -0.25) is 4.98 Å². The van der Waals surface area contributed by atoms with Crippen LogP contribution in [-0.4, -0.2) is 11.5 Å². The van der Waals surface area contributed by atoms with E-state index in [1.54, 1.807) is 6.20 Å². The van der Waals surface area contributed by atoms with Crippen LogP contribution in [0.5, 0.6) is 0 Å². The molecule has 4 heteroatoms. The molecular formula is C16H18BrClN2. The average Bonchev–Trinajstić information content (AvgIpc) is 2.38. The molecule has 20 heavy (non-hydrogen) atoms. The van der Waals surface area contributed by atoms with Crippen LogP contribution in [0.2, 0.25) is 5.02 Å². The summed E-state index contributed by atoms with van der Waals surface area (Å²) < 4.78 is 1.01. The Morgan fingerprint density at radius 3 is 2.75 bits per heavy atom. The Balaban J connectivity index is 2.26. The minimum atomic E-state index is 0.272. The highest BCUT2D eigenvalue weighted by molar-refractivity contribution is 9.10. The van der Waals surface area contributed by atoms with Crippen LogP contribution in [0.15, 0.2) is 41.1 Å². The minimum absolute atomic E-state index is 0.272. The van der Waals surface area contributed by atoms with Gasteiger partial charge in [-0.15, -0.1) is 0 Å². The molecule has 1 aromatic carbocycles. The highest BCUT2D eigenvalue weighted by atomic mass is 79.9. The third-order valence-electron chi connectivity index (χ3n) is 3.26. The average molecular weight is 354 g/mol. The first-order valence-corrected chi connectivity index (χ1v) is 7.86. The number of nitrogens with zero attached hydrogens (tertiary/aromatic N) is 1. The van der Waals surface area contributed by atoms with Crippen LogP contribution >= 0.6 is 27.5 Å². The predicted molar refractivity (Wildman–Crippen MR) is 88.2 cm³/mol. The normalized spacial score (nSPS) is 12.4. The van der Waals surface area contributed by atoms with E-state index >= 15 is 0 Å². The lowest BCUT2D eigenvalue weighted by Crippen LogP contribution is -2.23. The quantitative estimate of drug-likeness (QED) is 0.843. The first-order chi connectivity index (χ1) is 9.60. The number of aromatic nitrogens is 1. The second-order valence-electron chi connectivity index (χ2n) is 4.83. The Hall–Kier alpha value is -0.900. The highest BCUT2D eigenvalue weighted by Crippen LogP contribution is 2.25. The molecule has 1 aromatic heterocycles. The molecule has 0 saturated carbocycles. The third-order valence-corrected chi connectivity index (χ3v) is 3.93. The lowest BCUT2D eigenvalue weighted by Gasteiger charge is -2.20. The number of halogens is 2. The molecule has 2 nitrogen and oxygen atoms in total. The van der Waals surface area contributed by atoms with E-state index in [1.165, 1.54) is 16.7 Å². The van der Waals surface area contributed by atoms with Crippen molar-refractivity contribution in [1.82, 2.24) is 10.3 Å². The van der Waals surface area contributed by atoms with Gasteiger partial charge in [0.1, 0.15) is 0 Å². The number of rotatable bonds is 5. The van der Waals surface area contributed by atoms with Crippen molar-refractivity contribution in [2.75, 3.05) is 6.54 Å². The number of likely N-dealkylation sites (N-methyl/N-ethyl adjacent to an activating group) is 1. The van der Waals surface area contributed by atoms with Gasteiger partial charge in [-0.1, -0.05) is 24.6 Å². The lowest BCUT2D eigenvalue weighted by atomic mass is 9.96. The maximum absolute atomic E-state index is 6.04. The summed E-state index contributed by atoms with van der Waals surface area (Å²) in [4.78, 5) is 4.23. The van der Waals surface area contributed by atoms with E-state index < -0.39 is 0 Å². The number of pyridine rings is 1. The van der Waals surface area contributed by atoms with Gasteiger partial charge in [0.15, 0.2) is 0 Å². The smallest absolute Gasteiger partial charge is 0.0410 e. The van der Waals surface area contributed by atoms with E-state index in [2.05, 4.69) is 52.2 Å². The number of benzene rings is 1. The fraction of sp³-hybridized carbons (Fsp3) is 0.312. The van der Waals surface area contributed by atoms with E-state index in [-0.39, 0.29) is 6.04 Å². The number of hydrogen-bond acceptors (Lipinski definition) is 2. The summed E-state index contributed by atoms with van der Waals surface area (Å²) in [5.74, 6) is 0. The summed E-state index contributed by atoms with van der Waals surface area (Å²) in [6.07, 6.45) is 4.63. The Morgan fingerprint density at radius 2 is 2.10 bits per heavy atom. The molecule has 0 radical (unpaired) electrons. The van der Waals surface area contributed by atoms with Crippen molar-refractivity contribution < 1.29 is 0 Å². The summed E-state index contributed by atoms with van der Waals surface area (Å²) in [5.41, 5.74) is 3.71. The fourth-order valence-corrected chi connectivity index (χ4v) is 3.01. The zero-order valence-corrected chi connectivity index (χ0v) is 14.0. The molecule has 0 saturated heterocycles. The van der Waals surface area contributed by atoms with Crippen molar-refractivity contribution >= 4 is 27.5 Å². The molecule has 1 unspecified atom stereocenters. The second kappa shape index (κ2) is 7.21. The monoisotopic (exact) mass is 352 g/mol. The maximum atomic E-state index is 6.04. The van der Waals surface area contributed by atoms with Gasteiger partial charge in [0.2, 0.25) is 0 Å². The summed E-state index contributed by atoms with van der Waals surface area (Å²) in [7, 11) is 0. The molecule has 0 aliphatic heterocycles. The SMILES string of the molecule is CCNC(Cc1cncc(Br)c1)c1ccc(Cl)cc1C. The number of aryl methyl sites for hydroxylation is 1. The number of hydrogen-bond donors (Lipinski definition) is 1. The van der Waals surface area contributed by atoms with E-state index in [9.17, 15) is 0 Å². The molecule has 2 rings (SSSR count). The van der Waals surface area contributed by atoms with E-state index in [0.717, 1.165) is 22.5 Å². The first kappa shape index (κ1) is 15.5. The summed E-state index contributed by atoms with van der Waals surface area (Å²) in [6, 6.07) is 8.46. The Labute approximate surface area is 133 Å².